The Hall–Kier alpha value is -1.85. The second kappa shape index (κ2) is 9.02. The van der Waals surface area contributed by atoms with Crippen LogP contribution in [-0.4, -0.2) is 28.8 Å². The van der Waals surface area contributed by atoms with Gasteiger partial charge in [-0.3, -0.25) is 4.79 Å². The second-order valence-corrected chi connectivity index (χ2v) is 6.31. The molecular weight excluding hydrogens is 336 g/mol. The van der Waals surface area contributed by atoms with Gasteiger partial charge in [-0.15, -0.1) is 12.4 Å². The average molecular weight is 363 g/mol. The van der Waals surface area contributed by atoms with Crippen molar-refractivity contribution >= 4 is 18.3 Å². The van der Waals surface area contributed by atoms with Crippen LogP contribution in [0.25, 0.3) is 5.69 Å². The van der Waals surface area contributed by atoms with E-state index in [-0.39, 0.29) is 18.3 Å². The summed E-state index contributed by atoms with van der Waals surface area (Å²) in [7, 11) is 0. The Labute approximate surface area is 155 Å². The number of nitrogens with one attached hydrogen (secondary N) is 1. The van der Waals surface area contributed by atoms with E-state index in [4.69, 9.17) is 5.73 Å². The monoisotopic (exact) mass is 362 g/mol. The summed E-state index contributed by atoms with van der Waals surface area (Å²) in [5.41, 5.74) is 10.7. The molecule has 2 aromatic rings. The molecule has 0 saturated carbocycles. The molecule has 1 heterocycles. The number of aromatic nitrogens is 2. The third kappa shape index (κ3) is 4.22. The largest absolute Gasteiger partial charge is 0.351 e. The van der Waals surface area contributed by atoms with Crippen molar-refractivity contribution in [3.8, 4) is 5.69 Å². The van der Waals surface area contributed by atoms with Crippen molar-refractivity contribution < 1.29 is 4.79 Å². The fourth-order valence-electron chi connectivity index (χ4n) is 3.26. The molecule has 0 atom stereocenters. The third-order valence-electron chi connectivity index (χ3n) is 4.65. The first-order chi connectivity index (χ1) is 11.7. The van der Waals surface area contributed by atoms with Gasteiger partial charge in [0.2, 0.25) is 0 Å². The van der Waals surface area contributed by atoms with Crippen LogP contribution in [0.4, 0.5) is 0 Å². The summed E-state index contributed by atoms with van der Waals surface area (Å²) in [4.78, 5) is 12.5. The summed E-state index contributed by atoms with van der Waals surface area (Å²) in [6.07, 6.45) is 5.87. The first kappa shape index (κ1) is 19.5. The Kier molecular flexibility index (Phi) is 7.02. The zero-order chi connectivity index (χ0) is 16.9. The molecule has 6 heteroatoms. The Morgan fingerprint density at radius 2 is 2.00 bits per heavy atom. The van der Waals surface area contributed by atoms with Crippen LogP contribution in [0.15, 0.2) is 24.3 Å². The Morgan fingerprint density at radius 1 is 1.24 bits per heavy atom. The normalized spacial score (nSPS) is 12.6. The summed E-state index contributed by atoms with van der Waals surface area (Å²) in [6, 6.07) is 8.44. The molecular formula is C19H27ClN4O. The maximum Gasteiger partial charge on any atom is 0.272 e. The maximum absolute atomic E-state index is 12.5. The summed E-state index contributed by atoms with van der Waals surface area (Å²) in [6.45, 7) is 3.46. The summed E-state index contributed by atoms with van der Waals surface area (Å²) in [5.74, 6) is -0.0610. The molecule has 1 aromatic carbocycles. The van der Waals surface area contributed by atoms with Gasteiger partial charge >= 0.3 is 0 Å². The van der Waals surface area contributed by atoms with E-state index in [0.717, 1.165) is 49.8 Å². The molecule has 3 rings (SSSR count). The lowest BCUT2D eigenvalue weighted by Crippen LogP contribution is -2.26. The van der Waals surface area contributed by atoms with E-state index in [1.807, 2.05) is 4.68 Å². The van der Waals surface area contributed by atoms with Gasteiger partial charge in [-0.05, 0) is 62.8 Å². The first-order valence-corrected chi connectivity index (χ1v) is 8.93. The lowest BCUT2D eigenvalue weighted by Gasteiger charge is -2.06. The van der Waals surface area contributed by atoms with E-state index < -0.39 is 0 Å². The average Bonchev–Trinajstić information content (AvgIpc) is 3.21. The standard InChI is InChI=1S/C19H26N4O.ClH/c1-2-14-8-10-15(11-9-14)23-17-7-5-6-16(17)18(22-23)19(24)21-13-4-3-12-20;/h8-11H,2-7,12-13,20H2,1H3,(H,21,24);1H. The molecule has 136 valence electrons. The summed E-state index contributed by atoms with van der Waals surface area (Å²) >= 11 is 0. The zero-order valence-electron chi connectivity index (χ0n) is 14.8. The highest BCUT2D eigenvalue weighted by Gasteiger charge is 2.26. The van der Waals surface area contributed by atoms with Crippen molar-refractivity contribution in [3.05, 3.63) is 46.8 Å². The molecule has 3 N–H and O–H groups in total. The molecule has 0 unspecified atom stereocenters. The predicted molar refractivity (Wildman–Crippen MR) is 103 cm³/mol. The van der Waals surface area contributed by atoms with Crippen molar-refractivity contribution in [1.82, 2.24) is 15.1 Å². The quantitative estimate of drug-likeness (QED) is 0.744. The number of hydrogen-bond acceptors (Lipinski definition) is 3. The molecule has 0 spiro atoms. The summed E-state index contributed by atoms with van der Waals surface area (Å²) in [5, 5.41) is 7.61. The van der Waals surface area contributed by atoms with E-state index >= 15 is 0 Å². The summed E-state index contributed by atoms with van der Waals surface area (Å²) < 4.78 is 1.95. The van der Waals surface area contributed by atoms with Crippen molar-refractivity contribution in [2.75, 3.05) is 13.1 Å². The Balaban J connectivity index is 0.00000225. The minimum absolute atomic E-state index is 0. The van der Waals surface area contributed by atoms with E-state index in [0.29, 0.717) is 18.8 Å². The molecule has 0 saturated heterocycles. The molecule has 25 heavy (non-hydrogen) atoms. The minimum atomic E-state index is -0.0610. The van der Waals surface area contributed by atoms with Gasteiger partial charge in [0.25, 0.3) is 5.91 Å². The van der Waals surface area contributed by atoms with Gasteiger partial charge in [-0.1, -0.05) is 19.1 Å². The smallest absolute Gasteiger partial charge is 0.272 e. The lowest BCUT2D eigenvalue weighted by atomic mass is 10.1. The Bertz CT molecular complexity index is 709. The van der Waals surface area contributed by atoms with Crippen LogP contribution in [0.2, 0.25) is 0 Å². The van der Waals surface area contributed by atoms with E-state index in [9.17, 15) is 4.79 Å². The number of carbonyl (C=O) groups excluding carboxylic acids is 1. The van der Waals surface area contributed by atoms with Crippen LogP contribution in [-0.2, 0) is 19.3 Å². The number of nitrogens with two attached hydrogens (primary N) is 1. The molecule has 1 aliphatic carbocycles. The van der Waals surface area contributed by atoms with Crippen LogP contribution < -0.4 is 11.1 Å². The van der Waals surface area contributed by atoms with Gasteiger partial charge in [-0.2, -0.15) is 5.10 Å². The molecule has 1 amide bonds. The van der Waals surface area contributed by atoms with Gasteiger partial charge in [0.1, 0.15) is 0 Å². The van der Waals surface area contributed by atoms with Gasteiger partial charge in [0.05, 0.1) is 5.69 Å². The lowest BCUT2D eigenvalue weighted by molar-refractivity contribution is 0.0946. The number of carbonyl (C=O) groups is 1. The third-order valence-corrected chi connectivity index (χ3v) is 4.65. The molecule has 0 bridgehead atoms. The zero-order valence-corrected chi connectivity index (χ0v) is 15.6. The van der Waals surface area contributed by atoms with Crippen molar-refractivity contribution in [3.63, 3.8) is 0 Å². The molecule has 5 nitrogen and oxygen atoms in total. The minimum Gasteiger partial charge on any atom is -0.351 e. The molecule has 1 aliphatic rings. The number of nitrogens with zero attached hydrogens (tertiary/aromatic N) is 2. The van der Waals surface area contributed by atoms with Gasteiger partial charge in [-0.25, -0.2) is 4.68 Å². The van der Waals surface area contributed by atoms with Gasteiger partial charge < -0.3 is 11.1 Å². The van der Waals surface area contributed by atoms with Crippen LogP contribution in [0, 0.1) is 0 Å². The molecule has 0 fully saturated rings. The van der Waals surface area contributed by atoms with Crippen molar-refractivity contribution in [2.24, 2.45) is 5.73 Å². The number of fused-ring (bicyclic) bond motifs is 1. The first-order valence-electron chi connectivity index (χ1n) is 8.93. The number of benzene rings is 1. The fourth-order valence-corrected chi connectivity index (χ4v) is 3.26. The Morgan fingerprint density at radius 3 is 2.68 bits per heavy atom. The maximum atomic E-state index is 12.5. The number of amides is 1. The second-order valence-electron chi connectivity index (χ2n) is 6.31. The van der Waals surface area contributed by atoms with Crippen LogP contribution in [0.1, 0.15) is 53.5 Å². The number of aryl methyl sites for hydroxylation is 1. The highest BCUT2D eigenvalue weighted by molar-refractivity contribution is 5.94. The van der Waals surface area contributed by atoms with Crippen LogP contribution >= 0.6 is 12.4 Å². The number of halogens is 1. The number of unbranched alkanes of at least 4 members (excludes halogenated alkanes) is 1. The fraction of sp³-hybridized carbons (Fsp3) is 0.474. The highest BCUT2D eigenvalue weighted by atomic mass is 35.5. The highest BCUT2D eigenvalue weighted by Crippen LogP contribution is 2.28. The topological polar surface area (TPSA) is 72.9 Å². The molecule has 0 radical (unpaired) electrons. The van der Waals surface area contributed by atoms with Crippen molar-refractivity contribution in [2.45, 2.75) is 45.4 Å². The van der Waals surface area contributed by atoms with Gasteiger partial charge in [0.15, 0.2) is 5.69 Å². The SMILES string of the molecule is CCc1ccc(-n2nc(C(=O)NCCCCN)c3c2CCC3)cc1.Cl. The van der Waals surface area contributed by atoms with Crippen molar-refractivity contribution in [1.29, 1.82) is 0 Å². The van der Waals surface area contributed by atoms with E-state index in [1.54, 1.807) is 0 Å². The predicted octanol–water partition coefficient (Wildman–Crippen LogP) is 2.81. The van der Waals surface area contributed by atoms with E-state index in [2.05, 4.69) is 41.6 Å². The van der Waals surface area contributed by atoms with Crippen LogP contribution in [0.5, 0.6) is 0 Å². The molecule has 1 aromatic heterocycles. The molecule has 0 aliphatic heterocycles. The number of rotatable bonds is 7. The van der Waals surface area contributed by atoms with E-state index in [1.165, 1.54) is 11.3 Å². The number of hydrogen-bond donors (Lipinski definition) is 2. The van der Waals surface area contributed by atoms with Crippen LogP contribution in [0.3, 0.4) is 0 Å². The van der Waals surface area contributed by atoms with Gasteiger partial charge in [0, 0.05) is 17.8 Å².